The van der Waals surface area contributed by atoms with E-state index in [-0.39, 0.29) is 0 Å². The molecule has 0 bridgehead atoms. The Kier molecular flexibility index (Phi) is 5.63. The van der Waals surface area contributed by atoms with Gasteiger partial charge in [0.2, 0.25) is 0 Å². The number of ether oxygens (including phenoxy) is 1. The number of aliphatic hydroxyl groups is 1. The number of hydrogen-bond acceptors (Lipinski definition) is 3. The van der Waals surface area contributed by atoms with Crippen molar-refractivity contribution in [2.45, 2.75) is 19.4 Å². The monoisotopic (exact) mass is 244 g/mol. The van der Waals surface area contributed by atoms with Crippen LogP contribution in [0.5, 0.6) is 5.75 Å². The molecule has 0 amide bonds. The molecule has 0 aliphatic rings. The Bertz CT molecular complexity index is 329. The van der Waals surface area contributed by atoms with Crippen LogP contribution in [0, 0.1) is 5.82 Å². The summed E-state index contributed by atoms with van der Waals surface area (Å²) in [7, 11) is 0. The molecule has 0 aliphatic carbocycles. The van der Waals surface area contributed by atoms with Crippen LogP contribution < -0.4 is 4.74 Å². The zero-order chi connectivity index (χ0) is 12.0. The predicted octanol–water partition coefficient (Wildman–Crippen LogP) is 3.01. The number of hydrogen-bond donors (Lipinski definition) is 1. The van der Waals surface area contributed by atoms with Crippen LogP contribution in [0.2, 0.25) is 0 Å². The fourth-order valence-corrected chi connectivity index (χ4v) is 1.74. The lowest BCUT2D eigenvalue weighted by Gasteiger charge is -2.09. The second-order valence-electron chi connectivity index (χ2n) is 3.55. The minimum absolute atomic E-state index is 0.302. The Labute approximate surface area is 99.8 Å². The van der Waals surface area contributed by atoms with Gasteiger partial charge in [0.05, 0.1) is 12.7 Å². The predicted molar refractivity (Wildman–Crippen MR) is 65.5 cm³/mol. The molecule has 0 fully saturated rings. The fourth-order valence-electron chi connectivity index (χ4n) is 1.33. The van der Waals surface area contributed by atoms with E-state index in [0.29, 0.717) is 17.9 Å². The molecule has 16 heavy (non-hydrogen) atoms. The maximum atomic E-state index is 13.4. The van der Waals surface area contributed by atoms with Crippen LogP contribution >= 0.6 is 11.8 Å². The zero-order valence-electron chi connectivity index (χ0n) is 9.57. The van der Waals surface area contributed by atoms with Crippen LogP contribution in [-0.4, -0.2) is 23.7 Å². The highest BCUT2D eigenvalue weighted by Crippen LogP contribution is 2.21. The van der Waals surface area contributed by atoms with Crippen LogP contribution in [0.3, 0.4) is 0 Å². The smallest absolute Gasteiger partial charge is 0.132 e. The Morgan fingerprint density at radius 2 is 2.25 bits per heavy atom. The number of benzene rings is 1. The molecule has 1 rings (SSSR count). The summed E-state index contributed by atoms with van der Waals surface area (Å²) < 4.78 is 18.8. The highest BCUT2D eigenvalue weighted by molar-refractivity contribution is 7.98. The summed E-state index contributed by atoms with van der Waals surface area (Å²) in [5, 5.41) is 9.26. The Morgan fingerprint density at radius 3 is 2.81 bits per heavy atom. The average Bonchev–Trinajstić information content (AvgIpc) is 2.24. The summed E-state index contributed by atoms with van der Waals surface area (Å²) in [5.41, 5.74) is 0.302. The van der Waals surface area contributed by atoms with Gasteiger partial charge >= 0.3 is 0 Å². The number of thioether (sulfide) groups is 1. The topological polar surface area (TPSA) is 29.5 Å². The first-order valence-electron chi connectivity index (χ1n) is 5.24. The van der Waals surface area contributed by atoms with Crippen molar-refractivity contribution < 1.29 is 14.2 Å². The first-order chi connectivity index (χ1) is 7.65. The van der Waals surface area contributed by atoms with Crippen LogP contribution in [-0.2, 0) is 0 Å². The van der Waals surface area contributed by atoms with E-state index < -0.39 is 11.9 Å². The summed E-state index contributed by atoms with van der Waals surface area (Å²) in [4.78, 5) is 0. The molecule has 0 saturated carbocycles. The summed E-state index contributed by atoms with van der Waals surface area (Å²) in [6.45, 7) is 2.13. The first-order valence-corrected chi connectivity index (χ1v) is 6.63. The largest absolute Gasteiger partial charge is 0.493 e. The van der Waals surface area contributed by atoms with Crippen molar-refractivity contribution in [1.29, 1.82) is 0 Å². The van der Waals surface area contributed by atoms with Gasteiger partial charge < -0.3 is 9.84 Å². The highest BCUT2D eigenvalue weighted by atomic mass is 32.2. The van der Waals surface area contributed by atoms with Crippen molar-refractivity contribution in [3.63, 3.8) is 0 Å². The van der Waals surface area contributed by atoms with Crippen LogP contribution in [0.4, 0.5) is 4.39 Å². The molecule has 0 aromatic heterocycles. The Hall–Kier alpha value is -0.740. The van der Waals surface area contributed by atoms with Crippen LogP contribution in [0.15, 0.2) is 18.2 Å². The normalized spacial score (nSPS) is 12.5. The molecule has 1 atom stereocenters. The maximum absolute atomic E-state index is 13.4. The van der Waals surface area contributed by atoms with Crippen molar-refractivity contribution >= 4 is 11.8 Å². The third-order valence-corrected chi connectivity index (χ3v) is 2.88. The molecular weight excluding hydrogens is 227 g/mol. The van der Waals surface area contributed by atoms with Crippen molar-refractivity contribution in [2.24, 2.45) is 0 Å². The molecule has 4 heteroatoms. The van der Waals surface area contributed by atoms with Gasteiger partial charge in [0, 0.05) is 11.6 Å². The molecule has 0 saturated heterocycles. The van der Waals surface area contributed by atoms with E-state index in [0.717, 1.165) is 12.2 Å². The summed E-state index contributed by atoms with van der Waals surface area (Å²) in [6, 6.07) is 4.56. The number of halogens is 1. The molecule has 2 nitrogen and oxygen atoms in total. The van der Waals surface area contributed by atoms with E-state index in [1.165, 1.54) is 13.0 Å². The Balaban J connectivity index is 2.53. The van der Waals surface area contributed by atoms with Crippen molar-refractivity contribution in [1.82, 2.24) is 0 Å². The minimum Gasteiger partial charge on any atom is -0.493 e. The molecule has 1 N–H and O–H groups in total. The molecule has 1 aromatic carbocycles. The van der Waals surface area contributed by atoms with Crippen LogP contribution in [0.25, 0.3) is 0 Å². The minimum atomic E-state index is -0.787. The Morgan fingerprint density at radius 1 is 1.50 bits per heavy atom. The zero-order valence-corrected chi connectivity index (χ0v) is 10.4. The average molecular weight is 244 g/mol. The van der Waals surface area contributed by atoms with Gasteiger partial charge in [0.1, 0.15) is 11.6 Å². The maximum Gasteiger partial charge on any atom is 0.132 e. The molecule has 0 spiro atoms. The van der Waals surface area contributed by atoms with E-state index >= 15 is 0 Å². The third-order valence-electron chi connectivity index (χ3n) is 2.18. The van der Waals surface area contributed by atoms with Gasteiger partial charge in [-0.3, -0.25) is 0 Å². The lowest BCUT2D eigenvalue weighted by atomic mass is 10.1. The molecular formula is C12H17FO2S. The molecule has 1 aromatic rings. The lowest BCUT2D eigenvalue weighted by molar-refractivity contribution is 0.194. The van der Waals surface area contributed by atoms with Gasteiger partial charge in [-0.1, -0.05) is 0 Å². The third kappa shape index (κ3) is 4.02. The molecule has 90 valence electrons. The van der Waals surface area contributed by atoms with Gasteiger partial charge in [-0.15, -0.1) is 0 Å². The van der Waals surface area contributed by atoms with Crippen molar-refractivity contribution in [2.75, 3.05) is 18.6 Å². The van der Waals surface area contributed by atoms with Gasteiger partial charge in [0.25, 0.3) is 0 Å². The van der Waals surface area contributed by atoms with E-state index in [9.17, 15) is 9.50 Å². The van der Waals surface area contributed by atoms with E-state index in [1.54, 1.807) is 23.9 Å². The highest BCUT2D eigenvalue weighted by Gasteiger charge is 2.08. The van der Waals surface area contributed by atoms with Crippen LogP contribution in [0.1, 0.15) is 25.0 Å². The van der Waals surface area contributed by atoms with Gasteiger partial charge in [-0.2, -0.15) is 11.8 Å². The summed E-state index contributed by atoms with van der Waals surface area (Å²) in [6.07, 6.45) is 2.20. The van der Waals surface area contributed by atoms with Crippen molar-refractivity contribution in [3.8, 4) is 5.75 Å². The summed E-state index contributed by atoms with van der Waals surface area (Å²) >= 11 is 1.76. The van der Waals surface area contributed by atoms with Gasteiger partial charge in [-0.25, -0.2) is 4.39 Å². The lowest BCUT2D eigenvalue weighted by Crippen LogP contribution is -2.01. The number of aliphatic hydroxyl groups excluding tert-OH is 1. The first kappa shape index (κ1) is 13.3. The van der Waals surface area contributed by atoms with Gasteiger partial charge in [0.15, 0.2) is 0 Å². The molecule has 0 aliphatic heterocycles. The standard InChI is InChI=1S/C12H17FO2S/c1-9(14)11-5-4-10(8-12(11)13)15-6-3-7-16-2/h4-5,8-9,14H,3,6-7H2,1-2H3/t9-/m1/s1. The SMILES string of the molecule is CSCCCOc1ccc([C@@H](C)O)c(F)c1. The second-order valence-corrected chi connectivity index (χ2v) is 4.54. The van der Waals surface area contributed by atoms with Gasteiger partial charge in [-0.05, 0) is 37.5 Å². The van der Waals surface area contributed by atoms with E-state index in [4.69, 9.17) is 4.74 Å². The summed E-state index contributed by atoms with van der Waals surface area (Å²) in [5.74, 6) is 1.13. The molecule has 0 heterocycles. The van der Waals surface area contributed by atoms with Crippen molar-refractivity contribution in [3.05, 3.63) is 29.6 Å². The van der Waals surface area contributed by atoms with E-state index in [1.807, 2.05) is 6.26 Å². The molecule has 0 radical (unpaired) electrons. The fraction of sp³-hybridized carbons (Fsp3) is 0.500. The second kappa shape index (κ2) is 6.76. The van der Waals surface area contributed by atoms with E-state index in [2.05, 4.69) is 0 Å². The number of rotatable bonds is 6. The quantitative estimate of drug-likeness (QED) is 0.780. The molecule has 0 unspecified atom stereocenters.